The molecule has 0 radical (unpaired) electrons. The number of aryl methyl sites for hydroxylation is 2. The van der Waals surface area contributed by atoms with Crippen molar-refractivity contribution in [3.8, 4) is 0 Å². The van der Waals surface area contributed by atoms with Crippen molar-refractivity contribution in [1.82, 2.24) is 14.7 Å². The highest BCUT2D eigenvalue weighted by Crippen LogP contribution is 2.25. The highest BCUT2D eigenvalue weighted by Gasteiger charge is 2.23. The zero-order valence-electron chi connectivity index (χ0n) is 10.3. The molecule has 1 atom stereocenters. The number of rotatable bonds is 3. The van der Waals surface area contributed by atoms with Crippen LogP contribution in [0.15, 0.2) is 6.20 Å². The standard InChI is InChI=1S/C12H22N4/c1-10-11(9-15(2)14-10)12(8-13)16-6-4-3-5-7-16/h9,12H,3-8,13H2,1-2H3. The van der Waals surface area contributed by atoms with Crippen molar-refractivity contribution < 1.29 is 0 Å². The molecule has 0 aromatic carbocycles. The van der Waals surface area contributed by atoms with Gasteiger partial charge < -0.3 is 5.73 Å². The predicted molar refractivity (Wildman–Crippen MR) is 65.2 cm³/mol. The van der Waals surface area contributed by atoms with Crippen LogP contribution in [0.2, 0.25) is 0 Å². The molecule has 0 spiro atoms. The molecule has 2 heterocycles. The van der Waals surface area contributed by atoms with Crippen LogP contribution in [0.5, 0.6) is 0 Å². The van der Waals surface area contributed by atoms with Crippen LogP contribution in [-0.2, 0) is 7.05 Å². The van der Waals surface area contributed by atoms with Gasteiger partial charge in [-0.2, -0.15) is 5.10 Å². The third kappa shape index (κ3) is 2.28. The van der Waals surface area contributed by atoms with Gasteiger partial charge in [0.1, 0.15) is 0 Å². The molecule has 0 saturated carbocycles. The summed E-state index contributed by atoms with van der Waals surface area (Å²) < 4.78 is 1.89. The zero-order chi connectivity index (χ0) is 11.5. The first-order chi connectivity index (χ1) is 7.72. The van der Waals surface area contributed by atoms with Gasteiger partial charge in [-0.05, 0) is 32.9 Å². The molecule has 2 N–H and O–H groups in total. The van der Waals surface area contributed by atoms with Crippen molar-refractivity contribution in [3.63, 3.8) is 0 Å². The molecule has 1 aromatic heterocycles. The second-order valence-electron chi connectivity index (χ2n) is 4.69. The Kier molecular flexibility index (Phi) is 3.61. The average molecular weight is 222 g/mol. The lowest BCUT2D eigenvalue weighted by atomic mass is 10.0. The molecular weight excluding hydrogens is 200 g/mol. The van der Waals surface area contributed by atoms with Crippen LogP contribution in [0, 0.1) is 6.92 Å². The first kappa shape index (κ1) is 11.6. The molecule has 16 heavy (non-hydrogen) atoms. The largest absolute Gasteiger partial charge is 0.329 e. The quantitative estimate of drug-likeness (QED) is 0.836. The van der Waals surface area contributed by atoms with Gasteiger partial charge in [0.25, 0.3) is 0 Å². The van der Waals surface area contributed by atoms with E-state index in [0.717, 1.165) is 5.69 Å². The van der Waals surface area contributed by atoms with Crippen molar-refractivity contribution >= 4 is 0 Å². The highest BCUT2D eigenvalue weighted by atomic mass is 15.3. The van der Waals surface area contributed by atoms with Crippen LogP contribution in [0.4, 0.5) is 0 Å². The summed E-state index contributed by atoms with van der Waals surface area (Å²) in [7, 11) is 1.97. The maximum absolute atomic E-state index is 5.94. The molecule has 0 bridgehead atoms. The summed E-state index contributed by atoms with van der Waals surface area (Å²) in [6.45, 7) is 5.11. The van der Waals surface area contributed by atoms with Crippen LogP contribution < -0.4 is 5.73 Å². The molecule has 0 amide bonds. The second-order valence-corrected chi connectivity index (χ2v) is 4.69. The Balaban J connectivity index is 2.17. The Morgan fingerprint density at radius 1 is 1.38 bits per heavy atom. The van der Waals surface area contributed by atoms with E-state index >= 15 is 0 Å². The first-order valence-electron chi connectivity index (χ1n) is 6.16. The Morgan fingerprint density at radius 2 is 2.06 bits per heavy atom. The van der Waals surface area contributed by atoms with Gasteiger partial charge in [0, 0.05) is 25.4 Å². The minimum Gasteiger partial charge on any atom is -0.329 e. The fraction of sp³-hybridized carbons (Fsp3) is 0.750. The summed E-state index contributed by atoms with van der Waals surface area (Å²) in [5.74, 6) is 0. The van der Waals surface area contributed by atoms with Gasteiger partial charge in [-0.25, -0.2) is 0 Å². The normalized spacial score (nSPS) is 19.9. The van der Waals surface area contributed by atoms with E-state index < -0.39 is 0 Å². The number of nitrogens with zero attached hydrogens (tertiary/aromatic N) is 3. The van der Waals surface area contributed by atoms with Gasteiger partial charge >= 0.3 is 0 Å². The van der Waals surface area contributed by atoms with Crippen molar-refractivity contribution in [2.24, 2.45) is 12.8 Å². The van der Waals surface area contributed by atoms with E-state index in [1.807, 2.05) is 11.7 Å². The summed E-state index contributed by atoms with van der Waals surface area (Å²) in [6, 6.07) is 0.356. The lowest BCUT2D eigenvalue weighted by molar-refractivity contribution is 0.167. The Labute approximate surface area is 97.4 Å². The number of hydrogen-bond donors (Lipinski definition) is 1. The summed E-state index contributed by atoms with van der Waals surface area (Å²) in [6.07, 6.45) is 6.08. The molecular formula is C12H22N4. The lowest BCUT2D eigenvalue weighted by Gasteiger charge is -2.33. The Morgan fingerprint density at radius 3 is 2.56 bits per heavy atom. The van der Waals surface area contributed by atoms with E-state index in [9.17, 15) is 0 Å². The van der Waals surface area contributed by atoms with E-state index in [1.165, 1.54) is 37.9 Å². The van der Waals surface area contributed by atoms with Crippen LogP contribution in [0.1, 0.15) is 36.6 Å². The van der Waals surface area contributed by atoms with Crippen molar-refractivity contribution in [3.05, 3.63) is 17.5 Å². The fourth-order valence-electron chi connectivity index (χ4n) is 2.65. The molecule has 2 rings (SSSR count). The smallest absolute Gasteiger partial charge is 0.0641 e. The van der Waals surface area contributed by atoms with Crippen molar-refractivity contribution in [1.29, 1.82) is 0 Å². The third-order valence-corrected chi connectivity index (χ3v) is 3.47. The number of aromatic nitrogens is 2. The maximum Gasteiger partial charge on any atom is 0.0641 e. The van der Waals surface area contributed by atoms with Crippen molar-refractivity contribution in [2.45, 2.75) is 32.2 Å². The second kappa shape index (κ2) is 4.97. The molecule has 90 valence electrons. The number of hydrogen-bond acceptors (Lipinski definition) is 3. The van der Waals surface area contributed by atoms with Crippen LogP contribution >= 0.6 is 0 Å². The third-order valence-electron chi connectivity index (χ3n) is 3.47. The van der Waals surface area contributed by atoms with Gasteiger partial charge in [-0.3, -0.25) is 9.58 Å². The highest BCUT2D eigenvalue weighted by molar-refractivity contribution is 5.20. The van der Waals surface area contributed by atoms with Gasteiger partial charge in [-0.15, -0.1) is 0 Å². The fourth-order valence-corrected chi connectivity index (χ4v) is 2.65. The topological polar surface area (TPSA) is 47.1 Å². The molecule has 4 heteroatoms. The molecule has 1 unspecified atom stereocenters. The van der Waals surface area contributed by atoms with Crippen LogP contribution in [0.3, 0.4) is 0 Å². The monoisotopic (exact) mass is 222 g/mol. The zero-order valence-corrected chi connectivity index (χ0v) is 10.3. The molecule has 1 aliphatic rings. The predicted octanol–water partition coefficient (Wildman–Crippen LogP) is 1.21. The SMILES string of the molecule is Cc1nn(C)cc1C(CN)N1CCCCC1. The molecule has 1 aliphatic heterocycles. The van der Waals surface area contributed by atoms with Crippen molar-refractivity contribution in [2.75, 3.05) is 19.6 Å². The first-order valence-corrected chi connectivity index (χ1v) is 6.16. The molecule has 1 fully saturated rings. The summed E-state index contributed by atoms with van der Waals surface area (Å²) in [4.78, 5) is 2.51. The van der Waals surface area contributed by atoms with E-state index in [2.05, 4.69) is 23.1 Å². The molecule has 0 aliphatic carbocycles. The van der Waals surface area contributed by atoms with Gasteiger partial charge in [0.15, 0.2) is 0 Å². The molecule has 1 aromatic rings. The maximum atomic E-state index is 5.94. The average Bonchev–Trinajstić information content (AvgIpc) is 2.61. The number of likely N-dealkylation sites (tertiary alicyclic amines) is 1. The van der Waals surface area contributed by atoms with Crippen LogP contribution in [-0.4, -0.2) is 34.3 Å². The molecule has 4 nitrogen and oxygen atoms in total. The Hall–Kier alpha value is -0.870. The lowest BCUT2D eigenvalue weighted by Crippen LogP contribution is -2.37. The summed E-state index contributed by atoms with van der Waals surface area (Å²) >= 11 is 0. The van der Waals surface area contributed by atoms with Gasteiger partial charge in [-0.1, -0.05) is 6.42 Å². The van der Waals surface area contributed by atoms with Gasteiger partial charge in [0.2, 0.25) is 0 Å². The summed E-state index contributed by atoms with van der Waals surface area (Å²) in [5.41, 5.74) is 8.35. The minimum absolute atomic E-state index is 0.356. The minimum atomic E-state index is 0.356. The van der Waals surface area contributed by atoms with E-state index in [1.54, 1.807) is 0 Å². The Bertz CT molecular complexity index is 339. The van der Waals surface area contributed by atoms with Crippen LogP contribution in [0.25, 0.3) is 0 Å². The number of piperidine rings is 1. The molecule has 1 saturated heterocycles. The van der Waals surface area contributed by atoms with E-state index in [0.29, 0.717) is 12.6 Å². The van der Waals surface area contributed by atoms with E-state index in [4.69, 9.17) is 5.73 Å². The van der Waals surface area contributed by atoms with E-state index in [-0.39, 0.29) is 0 Å². The number of nitrogens with two attached hydrogens (primary N) is 1. The van der Waals surface area contributed by atoms with Gasteiger partial charge in [0.05, 0.1) is 11.7 Å². The summed E-state index contributed by atoms with van der Waals surface area (Å²) in [5, 5.41) is 4.41.